The van der Waals surface area contributed by atoms with Crippen LogP contribution in [-0.2, 0) is 17.5 Å². The second kappa shape index (κ2) is 9.23. The van der Waals surface area contributed by atoms with Crippen LogP contribution < -0.4 is 24.7 Å². The van der Waals surface area contributed by atoms with Crippen LogP contribution in [-0.4, -0.2) is 33.2 Å². The van der Waals surface area contributed by atoms with Gasteiger partial charge in [0, 0.05) is 18.5 Å². The quantitative estimate of drug-likeness (QED) is 0.774. The largest absolute Gasteiger partial charge is 0.493 e. The van der Waals surface area contributed by atoms with Crippen LogP contribution in [0.2, 0.25) is 0 Å². The van der Waals surface area contributed by atoms with Crippen molar-refractivity contribution < 1.29 is 32.4 Å². The number of alkyl halides is 3. The van der Waals surface area contributed by atoms with Gasteiger partial charge in [-0.05, 0) is 36.6 Å². The molecule has 0 spiro atoms. The Hall–Kier alpha value is -2.97. The van der Waals surface area contributed by atoms with Crippen LogP contribution >= 0.6 is 0 Å². The Kier molecular flexibility index (Phi) is 6.69. The number of hydrogen-bond donors (Lipinski definition) is 1. The zero-order chi connectivity index (χ0) is 21.7. The molecule has 2 aromatic rings. The minimum Gasteiger partial charge on any atom is -0.493 e. The Bertz CT molecular complexity index is 864. The van der Waals surface area contributed by atoms with E-state index in [-0.39, 0.29) is 11.8 Å². The number of ether oxygens (including phenoxy) is 2. The topological polar surface area (TPSA) is 64.9 Å². The minimum atomic E-state index is -4.37. The number of carbonyl (C=O) groups is 1. The fourth-order valence-electron chi connectivity index (χ4n) is 3.50. The smallest absolute Gasteiger partial charge is 0.419 e. The average Bonchev–Trinajstić information content (AvgIpc) is 2.76. The number of carbonyl (C=O) groups excluding carboxylic acids is 1. The highest BCUT2D eigenvalue weighted by Gasteiger charge is 2.33. The van der Waals surface area contributed by atoms with Crippen molar-refractivity contribution in [1.82, 2.24) is 5.32 Å². The van der Waals surface area contributed by atoms with Gasteiger partial charge >= 0.3 is 6.18 Å². The molecule has 30 heavy (non-hydrogen) atoms. The van der Waals surface area contributed by atoms with Crippen molar-refractivity contribution in [2.24, 2.45) is 5.92 Å². The van der Waals surface area contributed by atoms with Crippen molar-refractivity contribution in [3.8, 4) is 11.5 Å². The van der Waals surface area contributed by atoms with E-state index in [1.54, 1.807) is 20.3 Å². The normalized spacial score (nSPS) is 15.0. The number of aromatic nitrogens is 1. The second-order valence-corrected chi connectivity index (χ2v) is 7.13. The molecule has 162 valence electrons. The van der Waals surface area contributed by atoms with Gasteiger partial charge in [0.05, 0.1) is 32.9 Å². The molecule has 2 heterocycles. The monoisotopic (exact) mass is 424 g/mol. The summed E-state index contributed by atoms with van der Waals surface area (Å²) in [6.45, 7) is 1.57. The number of rotatable bonds is 6. The van der Waals surface area contributed by atoms with E-state index in [0.29, 0.717) is 49.8 Å². The Morgan fingerprint density at radius 3 is 2.40 bits per heavy atom. The van der Waals surface area contributed by atoms with Gasteiger partial charge in [0.2, 0.25) is 5.91 Å². The number of halogens is 3. The molecule has 0 bridgehead atoms. The summed E-state index contributed by atoms with van der Waals surface area (Å²) in [6.07, 6.45) is -2.13. The molecule has 0 radical (unpaired) electrons. The van der Waals surface area contributed by atoms with Gasteiger partial charge in [-0.15, -0.1) is 0 Å². The predicted octanol–water partition coefficient (Wildman–Crippen LogP) is 3.07. The van der Waals surface area contributed by atoms with Crippen LogP contribution in [0.1, 0.15) is 24.0 Å². The summed E-state index contributed by atoms with van der Waals surface area (Å²) in [5, 5.41) is 2.95. The molecule has 1 aromatic carbocycles. The number of hydrogen-bond acceptors (Lipinski definition) is 4. The van der Waals surface area contributed by atoms with Gasteiger partial charge in [0.1, 0.15) is 6.20 Å². The lowest BCUT2D eigenvalue weighted by Gasteiger charge is -2.27. The first-order valence-electron chi connectivity index (χ1n) is 9.64. The summed E-state index contributed by atoms with van der Waals surface area (Å²) in [7, 11) is 3.12. The highest BCUT2D eigenvalue weighted by Crippen LogP contribution is 2.29. The molecule has 0 aliphatic carbocycles. The van der Waals surface area contributed by atoms with Crippen molar-refractivity contribution in [3.05, 3.63) is 47.7 Å². The first-order valence-corrected chi connectivity index (χ1v) is 9.64. The van der Waals surface area contributed by atoms with Crippen molar-refractivity contribution >= 4 is 11.7 Å². The lowest BCUT2D eigenvalue weighted by molar-refractivity contribution is -0.367. The van der Waals surface area contributed by atoms with Gasteiger partial charge in [-0.1, -0.05) is 6.07 Å². The molecule has 0 atom stereocenters. The third-order valence-electron chi connectivity index (χ3n) is 5.24. The maximum absolute atomic E-state index is 12.7. The summed E-state index contributed by atoms with van der Waals surface area (Å²) in [5.41, 5.74) is 0.188. The highest BCUT2D eigenvalue weighted by molar-refractivity contribution is 5.79. The molecule has 1 aliphatic heterocycles. The van der Waals surface area contributed by atoms with Crippen molar-refractivity contribution in [3.63, 3.8) is 0 Å². The SMILES string of the molecule is COc1ccc(CNC(=O)C2CCN(c3ccc(C(F)(F)F)c[nH+]3)CC2)cc1OC. The summed E-state index contributed by atoms with van der Waals surface area (Å²) in [6, 6.07) is 7.97. The number of aromatic amines is 1. The van der Waals surface area contributed by atoms with E-state index < -0.39 is 11.7 Å². The maximum atomic E-state index is 12.7. The van der Waals surface area contributed by atoms with Crippen LogP contribution in [0.4, 0.5) is 19.0 Å². The molecule has 0 saturated carbocycles. The summed E-state index contributed by atoms with van der Waals surface area (Å²) >= 11 is 0. The lowest BCUT2D eigenvalue weighted by atomic mass is 9.95. The molecule has 1 saturated heterocycles. The van der Waals surface area contributed by atoms with E-state index in [2.05, 4.69) is 10.3 Å². The van der Waals surface area contributed by atoms with Crippen LogP contribution in [0.5, 0.6) is 11.5 Å². The number of methoxy groups -OCH3 is 2. The number of amides is 1. The number of pyridine rings is 1. The number of anilines is 1. The maximum Gasteiger partial charge on any atom is 0.419 e. The lowest BCUT2D eigenvalue weighted by Crippen LogP contribution is -2.42. The van der Waals surface area contributed by atoms with Crippen molar-refractivity contribution in [2.75, 3.05) is 32.2 Å². The standard InChI is InChI=1S/C21H24F3N3O3/c1-29-17-5-3-14(11-18(17)30-2)12-26-20(28)15-7-9-27(10-8-15)19-6-4-16(13-25-19)21(22,23)24/h3-6,11,13,15H,7-10,12H2,1-2H3,(H,26,28)/p+1. The fraction of sp³-hybridized carbons (Fsp3) is 0.429. The van der Waals surface area contributed by atoms with Gasteiger partial charge in [-0.25, -0.2) is 4.98 Å². The molecule has 9 heteroatoms. The van der Waals surface area contributed by atoms with E-state index in [1.165, 1.54) is 6.07 Å². The molecule has 2 N–H and O–H groups in total. The van der Waals surface area contributed by atoms with E-state index in [1.807, 2.05) is 17.0 Å². The zero-order valence-corrected chi connectivity index (χ0v) is 16.9. The fourth-order valence-corrected chi connectivity index (χ4v) is 3.50. The number of piperidine rings is 1. The van der Waals surface area contributed by atoms with E-state index >= 15 is 0 Å². The Balaban J connectivity index is 1.50. The summed E-state index contributed by atoms with van der Waals surface area (Å²) < 4.78 is 48.5. The van der Waals surface area contributed by atoms with Gasteiger partial charge in [0.15, 0.2) is 11.5 Å². The number of benzene rings is 1. The number of H-pyrrole nitrogens is 1. The summed E-state index contributed by atoms with van der Waals surface area (Å²) in [5.74, 6) is 1.69. The van der Waals surface area contributed by atoms with E-state index in [0.717, 1.165) is 17.8 Å². The molecule has 0 unspecified atom stereocenters. The Labute approximate surface area is 173 Å². The predicted molar refractivity (Wildman–Crippen MR) is 104 cm³/mol. The van der Waals surface area contributed by atoms with Gasteiger partial charge < -0.3 is 14.8 Å². The molecule has 1 fully saturated rings. The first kappa shape index (κ1) is 21.7. The molecule has 1 aromatic heterocycles. The van der Waals surface area contributed by atoms with E-state index in [9.17, 15) is 18.0 Å². The van der Waals surface area contributed by atoms with E-state index in [4.69, 9.17) is 9.47 Å². The second-order valence-electron chi connectivity index (χ2n) is 7.13. The van der Waals surface area contributed by atoms with Crippen molar-refractivity contribution in [2.45, 2.75) is 25.6 Å². The number of nitrogens with one attached hydrogen (secondary N) is 2. The molecular weight excluding hydrogens is 399 g/mol. The van der Waals surface area contributed by atoms with Crippen LogP contribution in [0.15, 0.2) is 36.5 Å². The molecule has 1 amide bonds. The van der Waals surface area contributed by atoms with Gasteiger partial charge in [-0.2, -0.15) is 13.2 Å². The molecular formula is C21H25F3N3O3+. The third-order valence-corrected chi connectivity index (χ3v) is 5.24. The van der Waals surface area contributed by atoms with Gasteiger partial charge in [0.25, 0.3) is 5.82 Å². The van der Waals surface area contributed by atoms with Crippen molar-refractivity contribution in [1.29, 1.82) is 0 Å². The zero-order valence-electron chi connectivity index (χ0n) is 16.9. The number of nitrogens with zero attached hydrogens (tertiary/aromatic N) is 1. The van der Waals surface area contributed by atoms with Crippen LogP contribution in [0.25, 0.3) is 0 Å². The highest BCUT2D eigenvalue weighted by atomic mass is 19.4. The van der Waals surface area contributed by atoms with Crippen LogP contribution in [0.3, 0.4) is 0 Å². The minimum absolute atomic E-state index is 0.0270. The first-order chi connectivity index (χ1) is 14.3. The molecule has 1 aliphatic rings. The van der Waals surface area contributed by atoms with Gasteiger partial charge in [-0.3, -0.25) is 9.69 Å². The average molecular weight is 424 g/mol. The summed E-state index contributed by atoms with van der Waals surface area (Å²) in [4.78, 5) is 17.2. The van der Waals surface area contributed by atoms with Crippen LogP contribution in [0, 0.1) is 5.92 Å². The Morgan fingerprint density at radius 1 is 1.13 bits per heavy atom. The third kappa shape index (κ3) is 5.14. The Morgan fingerprint density at radius 2 is 1.83 bits per heavy atom. The molecule has 3 rings (SSSR count). The molecule has 6 nitrogen and oxygen atoms in total.